The van der Waals surface area contributed by atoms with E-state index in [2.05, 4.69) is 509 Å². The molecule has 114 heavy (non-hydrogen) atoms. The topological polar surface area (TPSA) is 0 Å². The summed E-state index contributed by atoms with van der Waals surface area (Å²) in [4.78, 5) is 0. The van der Waals surface area contributed by atoms with Crippen LogP contribution in [0.2, 0.25) is 0 Å². The summed E-state index contributed by atoms with van der Waals surface area (Å²) in [5.41, 5.74) is 38.6. The molecule has 0 fully saturated rings. The Morgan fingerprint density at radius 2 is 0.342 bits per heavy atom. The number of hydrogen-bond donors (Lipinski definition) is 0. The molecule has 18 rings (SSSR count). The van der Waals surface area contributed by atoms with Gasteiger partial charge in [-0.15, -0.1) is 0 Å². The minimum absolute atomic E-state index is 1.26. The first-order valence-corrected chi connectivity index (χ1v) is 39.4. The van der Waals surface area contributed by atoms with Gasteiger partial charge in [0.05, 0.1) is 0 Å². The molecular formula is C114H96. The maximum Gasteiger partial charge on any atom is -0.00761 e. The van der Waals surface area contributed by atoms with Crippen LogP contribution in [0, 0.1) is 41.5 Å². The standard InChI is InChI=1S/6C19H16/c1-15-9-8-14-18(16-10-4-2-5-11-16)19(15)17-12-6-3-7-13-17;1-15-12-13-18(16-8-4-2-5-9-16)19(14-15)17-10-6-3-7-11-17;1-15-7-5-10-17(13-15)19-12-6-11-18(14-19)16-8-3-2-4-9-16;1-15-9-5-6-12-17(15)19-14-8-7-13-18(19)16-10-3-2-4-11-16;1-15-8-7-11-17(14-15)19-13-6-5-12-18(19)16-9-3-2-4-10-16;1-15-8-5-6-13-19(15)18-12-7-11-17(14-18)16-9-3-2-4-10-16/h6*2-14H,1H3. The SMILES string of the molecule is Cc1ccc(-c2ccccc2)c(-c2ccccc2)c1.Cc1cccc(-c2cccc(-c3ccccc3)c2)c1.Cc1cccc(-c2ccccc2)c1-c1ccccc1.Cc1cccc(-c2ccccc2-c2ccccc2)c1.Cc1ccccc1-c1cccc(-c2ccccc2)c1.Cc1ccccc1-c1ccccc1-c1ccccc1. The highest BCUT2D eigenvalue weighted by Gasteiger charge is 2.13. The van der Waals surface area contributed by atoms with Crippen molar-refractivity contribution in [2.75, 3.05) is 0 Å². The molecule has 0 radical (unpaired) electrons. The molecule has 0 spiro atoms. The molecule has 0 amide bonds. The Hall–Kier alpha value is -14.0. The van der Waals surface area contributed by atoms with Crippen LogP contribution in [0.1, 0.15) is 33.4 Å². The lowest BCUT2D eigenvalue weighted by Gasteiger charge is -2.13. The monoisotopic (exact) mass is 1460 g/mol. The van der Waals surface area contributed by atoms with Gasteiger partial charge in [0.15, 0.2) is 0 Å². The molecule has 0 heteroatoms. The lowest BCUT2D eigenvalue weighted by atomic mass is 9.91. The maximum absolute atomic E-state index is 2.26. The molecule has 0 aliphatic heterocycles. The lowest BCUT2D eigenvalue weighted by molar-refractivity contribution is 1.45. The van der Waals surface area contributed by atoms with Crippen LogP contribution in [0.4, 0.5) is 0 Å². The molecular weight excluding hydrogens is 1370 g/mol. The van der Waals surface area contributed by atoms with E-state index in [0.717, 1.165) is 0 Å². The van der Waals surface area contributed by atoms with Crippen LogP contribution in [0.5, 0.6) is 0 Å². The van der Waals surface area contributed by atoms with Crippen LogP contribution in [0.3, 0.4) is 0 Å². The molecule has 0 N–H and O–H groups in total. The molecule has 0 unspecified atom stereocenters. The summed E-state index contributed by atoms with van der Waals surface area (Å²) in [6, 6.07) is 167. The molecule has 552 valence electrons. The largest absolute Gasteiger partial charge is 0.0622 e. The molecule has 0 heterocycles. The molecule has 18 aromatic carbocycles. The highest BCUT2D eigenvalue weighted by atomic mass is 14.2. The van der Waals surface area contributed by atoms with Crippen LogP contribution in [-0.2, 0) is 0 Å². The van der Waals surface area contributed by atoms with Gasteiger partial charge in [-0.2, -0.15) is 0 Å². The third-order valence-corrected chi connectivity index (χ3v) is 20.3. The van der Waals surface area contributed by atoms with E-state index in [-0.39, 0.29) is 0 Å². The summed E-state index contributed by atoms with van der Waals surface area (Å²) in [5.74, 6) is 0. The van der Waals surface area contributed by atoms with Gasteiger partial charge in [0.25, 0.3) is 0 Å². The first-order valence-electron chi connectivity index (χ1n) is 39.4. The van der Waals surface area contributed by atoms with Gasteiger partial charge in [-0.25, -0.2) is 0 Å². The Morgan fingerprint density at radius 3 is 0.772 bits per heavy atom. The van der Waals surface area contributed by atoms with Crippen LogP contribution < -0.4 is 0 Å². The first-order chi connectivity index (χ1) is 56.1. The van der Waals surface area contributed by atoms with Gasteiger partial charge in [-0.1, -0.05) is 478 Å². The second-order valence-electron chi connectivity index (χ2n) is 28.6. The Bertz CT molecular complexity index is 5950. The zero-order chi connectivity index (χ0) is 78.5. The van der Waals surface area contributed by atoms with E-state index in [0.29, 0.717) is 0 Å². The minimum atomic E-state index is 1.26. The van der Waals surface area contributed by atoms with Crippen molar-refractivity contribution in [2.45, 2.75) is 41.5 Å². The molecule has 0 saturated heterocycles. The number of benzene rings is 18. The van der Waals surface area contributed by atoms with Crippen molar-refractivity contribution in [1.29, 1.82) is 0 Å². The highest BCUT2D eigenvalue weighted by Crippen LogP contribution is 2.39. The van der Waals surface area contributed by atoms with Gasteiger partial charge < -0.3 is 0 Å². The Balaban J connectivity index is 0.000000119. The second kappa shape index (κ2) is 40.1. The van der Waals surface area contributed by atoms with Gasteiger partial charge in [-0.05, 0) is 204 Å². The van der Waals surface area contributed by atoms with Crippen LogP contribution in [-0.4, -0.2) is 0 Å². The molecule has 0 bridgehead atoms. The molecule has 0 atom stereocenters. The fraction of sp³-hybridized carbons (Fsp3) is 0.0526. The Kier molecular flexibility index (Phi) is 27.4. The average Bonchev–Trinajstić information content (AvgIpc) is 0.870. The van der Waals surface area contributed by atoms with E-state index in [1.165, 1.54) is 167 Å². The zero-order valence-corrected chi connectivity index (χ0v) is 66.0. The molecule has 0 nitrogen and oxygen atoms in total. The maximum atomic E-state index is 2.26. The molecule has 0 aliphatic rings. The van der Waals surface area contributed by atoms with E-state index >= 15 is 0 Å². The number of aryl methyl sites for hydroxylation is 6. The lowest BCUT2D eigenvalue weighted by Crippen LogP contribution is -1.88. The minimum Gasteiger partial charge on any atom is -0.0622 e. The van der Waals surface area contributed by atoms with Crippen molar-refractivity contribution in [1.82, 2.24) is 0 Å². The zero-order valence-electron chi connectivity index (χ0n) is 66.0. The van der Waals surface area contributed by atoms with Crippen molar-refractivity contribution in [3.8, 4) is 134 Å². The summed E-state index contributed by atoms with van der Waals surface area (Å²) in [7, 11) is 0. The quantitative estimate of drug-likeness (QED) is 0.114. The Labute approximate surface area is 677 Å². The van der Waals surface area contributed by atoms with Crippen LogP contribution >= 0.6 is 0 Å². The van der Waals surface area contributed by atoms with E-state index in [1.807, 2.05) is 6.07 Å². The van der Waals surface area contributed by atoms with Crippen molar-refractivity contribution < 1.29 is 0 Å². The summed E-state index contributed by atoms with van der Waals surface area (Å²) >= 11 is 0. The van der Waals surface area contributed by atoms with Crippen LogP contribution in [0.25, 0.3) is 134 Å². The summed E-state index contributed by atoms with van der Waals surface area (Å²) in [6.07, 6.45) is 0. The van der Waals surface area contributed by atoms with Gasteiger partial charge in [-0.3, -0.25) is 0 Å². The Morgan fingerprint density at radius 1 is 0.105 bits per heavy atom. The van der Waals surface area contributed by atoms with Gasteiger partial charge >= 0.3 is 0 Å². The molecule has 18 aromatic rings. The van der Waals surface area contributed by atoms with Gasteiger partial charge in [0.1, 0.15) is 0 Å². The third kappa shape index (κ3) is 21.1. The van der Waals surface area contributed by atoms with E-state index < -0.39 is 0 Å². The second-order valence-corrected chi connectivity index (χ2v) is 28.6. The molecule has 0 saturated carbocycles. The fourth-order valence-electron chi connectivity index (χ4n) is 14.5. The van der Waals surface area contributed by atoms with Gasteiger partial charge in [0, 0.05) is 0 Å². The van der Waals surface area contributed by atoms with Crippen molar-refractivity contribution in [3.05, 3.63) is 507 Å². The van der Waals surface area contributed by atoms with Crippen molar-refractivity contribution in [2.24, 2.45) is 0 Å². The number of rotatable bonds is 12. The van der Waals surface area contributed by atoms with Crippen molar-refractivity contribution >= 4 is 0 Å². The summed E-state index contributed by atoms with van der Waals surface area (Å²) in [6.45, 7) is 12.9. The number of hydrogen-bond acceptors (Lipinski definition) is 0. The normalized spacial score (nSPS) is 10.4. The van der Waals surface area contributed by atoms with E-state index in [4.69, 9.17) is 0 Å². The smallest absolute Gasteiger partial charge is 0.00761 e. The predicted molar refractivity (Wildman–Crippen MR) is 492 cm³/mol. The third-order valence-electron chi connectivity index (χ3n) is 20.3. The highest BCUT2D eigenvalue weighted by molar-refractivity contribution is 5.88. The predicted octanol–water partition coefficient (Wildman–Crippen LogP) is 32.0. The summed E-state index contributed by atoms with van der Waals surface area (Å²) < 4.78 is 0. The van der Waals surface area contributed by atoms with Gasteiger partial charge in [0.2, 0.25) is 0 Å². The van der Waals surface area contributed by atoms with Crippen LogP contribution in [0.15, 0.2) is 473 Å². The average molecular weight is 1470 g/mol. The molecule has 0 aromatic heterocycles. The van der Waals surface area contributed by atoms with E-state index in [1.54, 1.807) is 0 Å². The van der Waals surface area contributed by atoms with E-state index in [9.17, 15) is 0 Å². The summed E-state index contributed by atoms with van der Waals surface area (Å²) in [5, 5.41) is 0. The van der Waals surface area contributed by atoms with Crippen molar-refractivity contribution in [3.63, 3.8) is 0 Å². The molecule has 0 aliphatic carbocycles. The fourth-order valence-corrected chi connectivity index (χ4v) is 14.5. The first kappa shape index (κ1) is 78.1.